The number of hydrogen-bond donors (Lipinski definition) is 3. The maximum Gasteiger partial charge on any atom is 0.326 e. The minimum absolute atomic E-state index is 0.0635. The van der Waals surface area contributed by atoms with E-state index >= 15 is 0 Å². The minimum atomic E-state index is -1.06. The van der Waals surface area contributed by atoms with Gasteiger partial charge in [-0.1, -0.05) is 0 Å². The van der Waals surface area contributed by atoms with E-state index in [1.54, 1.807) is 6.92 Å². The standard InChI is InChI=1S/C12H22N2O4S/c1-7(2)13-11(16)8(3)19-6-5-10(12(17)18)14-9(4)15/h7-8,10H,5-6H2,1-4H3,(H,13,16)(H,14,15)(H,17,18). The SMILES string of the molecule is CC(=O)NC(CCSC(C)C(=O)NC(C)C)C(=O)O. The van der Waals surface area contributed by atoms with Crippen LogP contribution >= 0.6 is 11.8 Å². The van der Waals surface area contributed by atoms with Crippen molar-refractivity contribution in [3.8, 4) is 0 Å². The first-order valence-corrected chi connectivity index (χ1v) is 7.20. The Kier molecular flexibility index (Phi) is 8.22. The highest BCUT2D eigenvalue weighted by Gasteiger charge is 2.20. The van der Waals surface area contributed by atoms with Crippen molar-refractivity contribution in [1.82, 2.24) is 10.6 Å². The second kappa shape index (κ2) is 8.79. The lowest BCUT2D eigenvalue weighted by Crippen LogP contribution is -2.40. The molecular formula is C12H22N2O4S. The van der Waals surface area contributed by atoms with E-state index in [0.29, 0.717) is 12.2 Å². The van der Waals surface area contributed by atoms with Crippen molar-refractivity contribution in [2.45, 2.75) is 51.4 Å². The van der Waals surface area contributed by atoms with Crippen LogP contribution in [0.25, 0.3) is 0 Å². The first-order chi connectivity index (χ1) is 8.73. The predicted molar refractivity (Wildman–Crippen MR) is 75.1 cm³/mol. The van der Waals surface area contributed by atoms with E-state index in [4.69, 9.17) is 5.11 Å². The first kappa shape index (κ1) is 17.8. The zero-order valence-electron chi connectivity index (χ0n) is 11.7. The molecule has 0 aliphatic heterocycles. The normalized spacial score (nSPS) is 13.7. The van der Waals surface area contributed by atoms with Crippen LogP contribution in [0.1, 0.15) is 34.1 Å². The molecule has 0 rings (SSSR count). The Labute approximate surface area is 117 Å². The Morgan fingerprint density at radius 2 is 1.74 bits per heavy atom. The van der Waals surface area contributed by atoms with Crippen LogP contribution in [0.2, 0.25) is 0 Å². The Balaban J connectivity index is 4.08. The maximum atomic E-state index is 11.6. The first-order valence-electron chi connectivity index (χ1n) is 6.16. The second-order valence-electron chi connectivity index (χ2n) is 4.56. The van der Waals surface area contributed by atoms with Gasteiger partial charge in [0.05, 0.1) is 5.25 Å². The Bertz CT molecular complexity index is 334. The number of carboxylic acids is 1. The van der Waals surface area contributed by atoms with Gasteiger partial charge < -0.3 is 15.7 Å². The van der Waals surface area contributed by atoms with E-state index in [1.165, 1.54) is 18.7 Å². The van der Waals surface area contributed by atoms with E-state index < -0.39 is 12.0 Å². The second-order valence-corrected chi connectivity index (χ2v) is 6.01. The molecule has 0 bridgehead atoms. The number of nitrogens with one attached hydrogen (secondary N) is 2. The number of hydrogen-bond acceptors (Lipinski definition) is 4. The van der Waals surface area contributed by atoms with Crippen LogP contribution in [0.15, 0.2) is 0 Å². The summed E-state index contributed by atoms with van der Waals surface area (Å²) in [5.41, 5.74) is 0. The molecule has 2 unspecified atom stereocenters. The zero-order valence-corrected chi connectivity index (χ0v) is 12.5. The number of carboxylic acid groups (broad SMARTS) is 1. The molecule has 0 aliphatic carbocycles. The molecule has 6 nitrogen and oxygen atoms in total. The number of amides is 2. The molecule has 0 fully saturated rings. The highest BCUT2D eigenvalue weighted by Crippen LogP contribution is 2.13. The van der Waals surface area contributed by atoms with Gasteiger partial charge in [-0.25, -0.2) is 4.79 Å². The summed E-state index contributed by atoms with van der Waals surface area (Å²) >= 11 is 1.37. The number of thioether (sulfide) groups is 1. The summed E-state index contributed by atoms with van der Waals surface area (Å²) in [5.74, 6) is -1.01. The highest BCUT2D eigenvalue weighted by molar-refractivity contribution is 8.00. The van der Waals surface area contributed by atoms with E-state index in [-0.39, 0.29) is 23.1 Å². The van der Waals surface area contributed by atoms with Crippen LogP contribution in [-0.2, 0) is 14.4 Å². The van der Waals surface area contributed by atoms with Gasteiger partial charge in [-0.3, -0.25) is 9.59 Å². The number of rotatable bonds is 8. The minimum Gasteiger partial charge on any atom is -0.480 e. The lowest BCUT2D eigenvalue weighted by molar-refractivity contribution is -0.141. The molecule has 0 spiro atoms. The molecule has 19 heavy (non-hydrogen) atoms. The fraction of sp³-hybridized carbons (Fsp3) is 0.750. The third-order valence-corrected chi connectivity index (χ3v) is 3.44. The zero-order chi connectivity index (χ0) is 15.0. The van der Waals surface area contributed by atoms with E-state index in [9.17, 15) is 14.4 Å². The highest BCUT2D eigenvalue weighted by atomic mass is 32.2. The molecule has 7 heteroatoms. The third kappa shape index (κ3) is 8.47. The smallest absolute Gasteiger partial charge is 0.326 e. The van der Waals surface area contributed by atoms with Crippen LogP contribution in [0, 0.1) is 0 Å². The molecule has 0 saturated carbocycles. The molecular weight excluding hydrogens is 268 g/mol. The van der Waals surface area contributed by atoms with Gasteiger partial charge in [-0.2, -0.15) is 0 Å². The maximum absolute atomic E-state index is 11.6. The number of aliphatic carboxylic acids is 1. The van der Waals surface area contributed by atoms with Gasteiger partial charge in [0.2, 0.25) is 11.8 Å². The van der Waals surface area contributed by atoms with Gasteiger partial charge in [0.25, 0.3) is 0 Å². The van der Waals surface area contributed by atoms with Gasteiger partial charge in [0.15, 0.2) is 0 Å². The predicted octanol–water partition coefficient (Wildman–Crippen LogP) is 0.612. The van der Waals surface area contributed by atoms with Crippen LogP contribution in [0.3, 0.4) is 0 Å². The van der Waals surface area contributed by atoms with E-state index in [0.717, 1.165) is 0 Å². The Hall–Kier alpha value is -1.24. The van der Waals surface area contributed by atoms with E-state index in [1.807, 2.05) is 13.8 Å². The Morgan fingerprint density at radius 3 is 2.16 bits per heavy atom. The van der Waals surface area contributed by atoms with Crippen molar-refractivity contribution in [2.75, 3.05) is 5.75 Å². The summed E-state index contributed by atoms with van der Waals surface area (Å²) in [4.78, 5) is 33.3. The van der Waals surface area contributed by atoms with Crippen molar-refractivity contribution in [2.24, 2.45) is 0 Å². The summed E-state index contributed by atoms with van der Waals surface area (Å²) in [7, 11) is 0. The van der Waals surface area contributed by atoms with Gasteiger partial charge in [-0.15, -0.1) is 11.8 Å². The molecule has 0 heterocycles. The van der Waals surface area contributed by atoms with E-state index in [2.05, 4.69) is 10.6 Å². The van der Waals surface area contributed by atoms with Gasteiger partial charge >= 0.3 is 5.97 Å². The summed E-state index contributed by atoms with van der Waals surface area (Å²) < 4.78 is 0. The summed E-state index contributed by atoms with van der Waals surface area (Å²) in [6, 6.07) is -0.813. The van der Waals surface area contributed by atoms with Crippen LogP contribution in [0.4, 0.5) is 0 Å². The average Bonchev–Trinajstić information content (AvgIpc) is 2.25. The van der Waals surface area contributed by atoms with Crippen molar-refractivity contribution >= 4 is 29.5 Å². The molecule has 0 aromatic heterocycles. The summed E-state index contributed by atoms with van der Waals surface area (Å²) in [6.45, 7) is 6.82. The molecule has 0 saturated heterocycles. The fourth-order valence-electron chi connectivity index (χ4n) is 1.34. The van der Waals surface area contributed by atoms with Crippen molar-refractivity contribution in [3.63, 3.8) is 0 Å². The van der Waals surface area contributed by atoms with Gasteiger partial charge in [0, 0.05) is 13.0 Å². The fourth-order valence-corrected chi connectivity index (χ4v) is 2.29. The van der Waals surface area contributed by atoms with Crippen LogP contribution in [-0.4, -0.2) is 46.0 Å². The lowest BCUT2D eigenvalue weighted by atomic mass is 10.2. The molecule has 110 valence electrons. The monoisotopic (exact) mass is 290 g/mol. The molecule has 2 atom stereocenters. The third-order valence-electron chi connectivity index (χ3n) is 2.25. The van der Waals surface area contributed by atoms with Crippen molar-refractivity contribution < 1.29 is 19.5 Å². The molecule has 0 aromatic rings. The topological polar surface area (TPSA) is 95.5 Å². The van der Waals surface area contributed by atoms with Gasteiger partial charge in [-0.05, 0) is 32.9 Å². The molecule has 2 amide bonds. The molecule has 0 aromatic carbocycles. The average molecular weight is 290 g/mol. The van der Waals surface area contributed by atoms with Crippen molar-refractivity contribution in [3.05, 3.63) is 0 Å². The molecule has 0 aliphatic rings. The number of carbonyl (C=O) groups excluding carboxylic acids is 2. The lowest BCUT2D eigenvalue weighted by Gasteiger charge is -2.16. The molecule has 3 N–H and O–H groups in total. The Morgan fingerprint density at radius 1 is 1.16 bits per heavy atom. The summed E-state index contributed by atoms with van der Waals surface area (Å²) in [5, 5.41) is 13.8. The summed E-state index contributed by atoms with van der Waals surface area (Å²) in [6.07, 6.45) is 0.291. The quantitative estimate of drug-likeness (QED) is 0.609. The van der Waals surface area contributed by atoms with Crippen LogP contribution in [0.5, 0.6) is 0 Å². The molecule has 0 radical (unpaired) electrons. The van der Waals surface area contributed by atoms with Gasteiger partial charge in [0.1, 0.15) is 6.04 Å². The largest absolute Gasteiger partial charge is 0.480 e. The number of carbonyl (C=O) groups is 3. The van der Waals surface area contributed by atoms with Crippen molar-refractivity contribution in [1.29, 1.82) is 0 Å². The van der Waals surface area contributed by atoms with Crippen LogP contribution < -0.4 is 10.6 Å².